The molecule has 2 unspecified atom stereocenters. The molecule has 240 valence electrons. The maximum atomic E-state index is 12.9. The summed E-state index contributed by atoms with van der Waals surface area (Å²) < 4.78 is 5.89. The summed E-state index contributed by atoms with van der Waals surface area (Å²) in [5.41, 5.74) is 0.517. The van der Waals surface area contributed by atoms with E-state index < -0.39 is 0 Å². The highest BCUT2D eigenvalue weighted by atomic mass is 16.6. The van der Waals surface area contributed by atoms with Crippen LogP contribution in [-0.4, -0.2) is 77.1 Å². The first-order valence-corrected chi connectivity index (χ1v) is 18.2. The van der Waals surface area contributed by atoms with Crippen LogP contribution >= 0.6 is 0 Å². The Labute approximate surface area is 256 Å². The van der Waals surface area contributed by atoms with Gasteiger partial charge in [0.25, 0.3) is 0 Å². The molecule has 6 aliphatic rings. The molecular formula is C36H62N2O4. The average molecular weight is 587 g/mol. The summed E-state index contributed by atoms with van der Waals surface area (Å²) in [4.78, 5) is 17.5. The van der Waals surface area contributed by atoms with E-state index in [4.69, 9.17) is 4.74 Å². The summed E-state index contributed by atoms with van der Waals surface area (Å²) in [6, 6.07) is 0.647. The number of likely N-dealkylation sites (tertiary alicyclic amines) is 2. The summed E-state index contributed by atoms with van der Waals surface area (Å²) in [7, 11) is 0. The number of nitrogens with zero attached hydrogens (tertiary/aromatic N) is 2. The monoisotopic (exact) mass is 586 g/mol. The molecule has 1 amide bonds. The van der Waals surface area contributed by atoms with Gasteiger partial charge >= 0.3 is 6.09 Å². The van der Waals surface area contributed by atoms with Gasteiger partial charge in [-0.1, -0.05) is 40.5 Å². The molecular weight excluding hydrogens is 524 g/mol. The number of ether oxygens (including phenoxy) is 1. The summed E-state index contributed by atoms with van der Waals surface area (Å²) in [6.45, 7) is 14.4. The Morgan fingerprint density at radius 2 is 1.57 bits per heavy atom. The standard InChI is InChI=1S/C36H62N2O4/c1-5-27-31-23-26(39)11-16-36(31,4)30-12-17-35(3)28(9-10-29(35)32(30)33(27)40)24(2)15-22-42-34(41)38-20-13-25(14-21-38)37-18-7-6-8-19-37/h24-33,39-40H,5-23H2,1-4H3/t24-,26-,27-,28-,29?,30?,31+,32+,33-,35-,36-/m1/s1. The van der Waals surface area contributed by atoms with Crippen molar-refractivity contribution in [2.24, 2.45) is 52.3 Å². The van der Waals surface area contributed by atoms with Crippen molar-refractivity contribution in [3.63, 3.8) is 0 Å². The minimum absolute atomic E-state index is 0.105. The molecule has 2 heterocycles. The van der Waals surface area contributed by atoms with E-state index in [9.17, 15) is 15.0 Å². The van der Waals surface area contributed by atoms with Crippen LogP contribution in [0.25, 0.3) is 0 Å². The smallest absolute Gasteiger partial charge is 0.409 e. The lowest BCUT2D eigenvalue weighted by atomic mass is 9.41. The van der Waals surface area contributed by atoms with Gasteiger partial charge in [0.05, 0.1) is 18.8 Å². The molecule has 0 aromatic carbocycles. The molecule has 6 heteroatoms. The van der Waals surface area contributed by atoms with Crippen molar-refractivity contribution in [2.75, 3.05) is 32.8 Å². The van der Waals surface area contributed by atoms with Crippen molar-refractivity contribution in [1.29, 1.82) is 0 Å². The first-order valence-electron chi connectivity index (χ1n) is 18.2. The van der Waals surface area contributed by atoms with Crippen LogP contribution in [0.1, 0.15) is 118 Å². The lowest BCUT2D eigenvalue weighted by Crippen LogP contribution is -2.62. The summed E-state index contributed by atoms with van der Waals surface area (Å²) in [5.74, 6) is 3.48. The normalized spacial score (nSPS) is 45.5. The molecule has 0 radical (unpaired) electrons. The minimum Gasteiger partial charge on any atom is -0.449 e. The summed E-state index contributed by atoms with van der Waals surface area (Å²) >= 11 is 0. The van der Waals surface area contributed by atoms with Gasteiger partial charge in [0.15, 0.2) is 0 Å². The number of carbonyl (C=O) groups excluding carboxylic acids is 1. The van der Waals surface area contributed by atoms with Gasteiger partial charge in [-0.05, 0) is 142 Å². The van der Waals surface area contributed by atoms with Gasteiger partial charge in [0.2, 0.25) is 0 Å². The number of aliphatic hydroxyl groups is 2. The first kappa shape index (κ1) is 31.1. The van der Waals surface area contributed by atoms with Gasteiger partial charge in [0, 0.05) is 19.1 Å². The fourth-order valence-corrected chi connectivity index (χ4v) is 12.3. The van der Waals surface area contributed by atoms with E-state index >= 15 is 0 Å². The number of carbonyl (C=O) groups is 1. The van der Waals surface area contributed by atoms with Crippen molar-refractivity contribution in [3.05, 3.63) is 0 Å². The number of rotatable bonds is 6. The molecule has 6 fully saturated rings. The number of aliphatic hydroxyl groups excluding tert-OH is 2. The van der Waals surface area contributed by atoms with Gasteiger partial charge in [-0.25, -0.2) is 4.79 Å². The first-order chi connectivity index (χ1) is 20.2. The highest BCUT2D eigenvalue weighted by Gasteiger charge is 2.64. The fourth-order valence-electron chi connectivity index (χ4n) is 12.3. The number of fused-ring (bicyclic) bond motifs is 5. The quantitative estimate of drug-likeness (QED) is 0.361. The molecule has 6 rings (SSSR count). The van der Waals surface area contributed by atoms with Gasteiger partial charge in [0.1, 0.15) is 0 Å². The summed E-state index contributed by atoms with van der Waals surface area (Å²) in [6.07, 6.45) is 15.5. The number of amides is 1. The lowest BCUT2D eigenvalue weighted by Gasteiger charge is -2.64. The van der Waals surface area contributed by atoms with Crippen molar-refractivity contribution in [3.8, 4) is 0 Å². The van der Waals surface area contributed by atoms with E-state index in [2.05, 4.69) is 32.6 Å². The van der Waals surface area contributed by atoms with E-state index in [1.807, 2.05) is 4.90 Å². The van der Waals surface area contributed by atoms with Gasteiger partial charge in [-0.3, -0.25) is 0 Å². The molecule has 2 N–H and O–H groups in total. The number of piperidine rings is 2. The average Bonchev–Trinajstić information content (AvgIpc) is 3.36. The highest BCUT2D eigenvalue weighted by Crippen LogP contribution is 2.69. The molecule has 0 bridgehead atoms. The molecule has 2 aliphatic heterocycles. The SMILES string of the molecule is CC[C@H]1[C@@H](O)[C@H]2C3CC[C@H]([C@H](C)CCOC(=O)N4CCC(N5CCCCC5)CC4)[C@@]3(C)CCC2[C@@]2(C)CC[C@@H](O)C[C@@H]12. The van der Waals surface area contributed by atoms with Crippen LogP contribution in [0.2, 0.25) is 0 Å². The molecule has 42 heavy (non-hydrogen) atoms. The number of hydrogen-bond donors (Lipinski definition) is 2. The van der Waals surface area contributed by atoms with E-state index in [1.165, 1.54) is 58.0 Å². The van der Waals surface area contributed by atoms with E-state index in [-0.39, 0.29) is 29.1 Å². The second kappa shape index (κ2) is 12.5. The molecule has 0 aromatic heterocycles. The summed E-state index contributed by atoms with van der Waals surface area (Å²) in [5, 5.41) is 22.5. The number of hydrogen-bond acceptors (Lipinski definition) is 5. The molecule has 0 spiro atoms. The molecule has 4 saturated carbocycles. The third kappa shape index (κ3) is 5.46. The van der Waals surface area contributed by atoms with Crippen LogP contribution < -0.4 is 0 Å². The Balaban J connectivity index is 1.03. The predicted molar refractivity (Wildman–Crippen MR) is 167 cm³/mol. The third-order valence-electron chi connectivity index (χ3n) is 14.6. The molecule has 6 nitrogen and oxygen atoms in total. The fraction of sp³-hybridized carbons (Fsp3) is 0.972. The van der Waals surface area contributed by atoms with Gasteiger partial charge < -0.3 is 24.7 Å². The molecule has 4 aliphatic carbocycles. The Bertz CT molecular complexity index is 931. The Morgan fingerprint density at radius 3 is 2.29 bits per heavy atom. The van der Waals surface area contributed by atoms with Gasteiger partial charge in [-0.15, -0.1) is 0 Å². The maximum Gasteiger partial charge on any atom is 0.409 e. The molecule has 0 aromatic rings. The largest absolute Gasteiger partial charge is 0.449 e. The lowest BCUT2D eigenvalue weighted by molar-refractivity contribution is -0.203. The predicted octanol–water partition coefficient (Wildman–Crippen LogP) is 6.73. The van der Waals surface area contributed by atoms with Crippen LogP contribution in [-0.2, 0) is 4.74 Å². The second-order valence-corrected chi connectivity index (χ2v) is 16.3. The minimum atomic E-state index is -0.234. The van der Waals surface area contributed by atoms with Crippen LogP contribution in [0.4, 0.5) is 4.79 Å². The van der Waals surface area contributed by atoms with E-state index in [0.29, 0.717) is 54.1 Å². The van der Waals surface area contributed by atoms with E-state index in [1.54, 1.807) is 0 Å². The Hall–Kier alpha value is -0.850. The van der Waals surface area contributed by atoms with Crippen molar-refractivity contribution in [2.45, 2.75) is 136 Å². The van der Waals surface area contributed by atoms with Gasteiger partial charge in [-0.2, -0.15) is 0 Å². The van der Waals surface area contributed by atoms with Crippen molar-refractivity contribution in [1.82, 2.24) is 9.80 Å². The van der Waals surface area contributed by atoms with E-state index in [0.717, 1.165) is 58.0 Å². The Kier molecular flexibility index (Phi) is 9.27. The molecule has 11 atom stereocenters. The van der Waals surface area contributed by atoms with Crippen molar-refractivity contribution < 1.29 is 19.7 Å². The Morgan fingerprint density at radius 1 is 0.881 bits per heavy atom. The zero-order chi connectivity index (χ0) is 29.6. The zero-order valence-electron chi connectivity index (χ0n) is 27.3. The van der Waals surface area contributed by atoms with Crippen LogP contribution in [0.3, 0.4) is 0 Å². The highest BCUT2D eigenvalue weighted by molar-refractivity contribution is 5.67. The third-order valence-corrected chi connectivity index (χ3v) is 14.6. The topological polar surface area (TPSA) is 73.2 Å². The maximum absolute atomic E-state index is 12.9. The van der Waals surface area contributed by atoms with Crippen molar-refractivity contribution >= 4 is 6.09 Å². The second-order valence-electron chi connectivity index (χ2n) is 16.3. The van der Waals surface area contributed by atoms with Crippen LogP contribution in [0.5, 0.6) is 0 Å². The van der Waals surface area contributed by atoms with Crippen LogP contribution in [0, 0.1) is 52.3 Å². The zero-order valence-corrected chi connectivity index (χ0v) is 27.3. The molecule has 2 saturated heterocycles. The van der Waals surface area contributed by atoms with Crippen LogP contribution in [0.15, 0.2) is 0 Å².